The van der Waals surface area contributed by atoms with E-state index >= 15 is 0 Å². The van der Waals surface area contributed by atoms with E-state index in [9.17, 15) is 4.79 Å². The summed E-state index contributed by atoms with van der Waals surface area (Å²) < 4.78 is 6.31. The van der Waals surface area contributed by atoms with E-state index in [0.717, 1.165) is 10.2 Å². The first-order valence-electron chi connectivity index (χ1n) is 8.16. The summed E-state index contributed by atoms with van der Waals surface area (Å²) in [5.74, 6) is 0.408. The number of thiazole rings is 1. The molecule has 1 amide bonds. The van der Waals surface area contributed by atoms with Crippen LogP contribution in [-0.2, 0) is 0 Å². The van der Waals surface area contributed by atoms with E-state index < -0.39 is 0 Å². The van der Waals surface area contributed by atoms with Gasteiger partial charge in [0.1, 0.15) is 11.3 Å². The van der Waals surface area contributed by atoms with Gasteiger partial charge >= 0.3 is 0 Å². The molecule has 0 saturated carbocycles. The number of likely N-dealkylation sites (N-methyl/N-ethyl adjacent to an activating group) is 1. The van der Waals surface area contributed by atoms with Gasteiger partial charge < -0.3 is 9.64 Å². The molecular weight excluding hydrogens is 370 g/mol. The highest BCUT2D eigenvalue weighted by molar-refractivity contribution is 7.22. The number of ether oxygens (including phenoxy) is 1. The molecule has 1 heterocycles. The zero-order chi connectivity index (χ0) is 18.7. The van der Waals surface area contributed by atoms with E-state index in [-0.39, 0.29) is 5.91 Å². The predicted octanol–water partition coefficient (Wildman–Crippen LogP) is 4.17. The second-order valence-electron chi connectivity index (χ2n) is 6.04. The first-order chi connectivity index (χ1) is 12.5. The number of hydrogen-bond acceptors (Lipinski definition) is 5. The lowest BCUT2D eigenvalue weighted by molar-refractivity contribution is 0.0982. The third kappa shape index (κ3) is 3.82. The monoisotopic (exact) mass is 389 g/mol. The fourth-order valence-corrected chi connectivity index (χ4v) is 3.86. The van der Waals surface area contributed by atoms with Crippen LogP contribution in [0.3, 0.4) is 0 Å². The maximum absolute atomic E-state index is 13.3. The van der Waals surface area contributed by atoms with Crippen LogP contribution in [0, 0.1) is 0 Å². The van der Waals surface area contributed by atoms with Gasteiger partial charge in [-0.3, -0.25) is 9.69 Å². The van der Waals surface area contributed by atoms with Crippen molar-refractivity contribution in [3.05, 3.63) is 53.1 Å². The van der Waals surface area contributed by atoms with Crippen LogP contribution < -0.4 is 9.64 Å². The van der Waals surface area contributed by atoms with E-state index in [1.807, 2.05) is 43.3 Å². The van der Waals surface area contributed by atoms with Crippen molar-refractivity contribution < 1.29 is 9.53 Å². The van der Waals surface area contributed by atoms with Crippen molar-refractivity contribution in [1.82, 2.24) is 9.88 Å². The molecule has 2 aromatic carbocycles. The number of nitrogens with zero attached hydrogens (tertiary/aromatic N) is 3. The quantitative estimate of drug-likeness (QED) is 0.634. The maximum Gasteiger partial charge on any atom is 0.263 e. The molecule has 7 heteroatoms. The number of benzene rings is 2. The Morgan fingerprint density at radius 2 is 1.92 bits per heavy atom. The van der Waals surface area contributed by atoms with Gasteiger partial charge in [-0.2, -0.15) is 0 Å². The molecule has 0 N–H and O–H groups in total. The Kier molecular flexibility index (Phi) is 5.76. The van der Waals surface area contributed by atoms with Crippen LogP contribution in [-0.4, -0.2) is 50.1 Å². The van der Waals surface area contributed by atoms with E-state index in [0.29, 0.717) is 34.6 Å². The van der Waals surface area contributed by atoms with Crippen molar-refractivity contribution in [3.63, 3.8) is 0 Å². The average Bonchev–Trinajstić information content (AvgIpc) is 3.06. The summed E-state index contributed by atoms with van der Waals surface area (Å²) in [7, 11) is 5.51. The number of halogens is 1. The molecule has 3 aromatic rings. The van der Waals surface area contributed by atoms with Crippen LogP contribution >= 0.6 is 22.9 Å². The summed E-state index contributed by atoms with van der Waals surface area (Å²) in [5, 5.41) is 1.22. The summed E-state index contributed by atoms with van der Waals surface area (Å²) in [6.45, 7) is 1.23. The van der Waals surface area contributed by atoms with E-state index in [1.54, 1.807) is 30.2 Å². The maximum atomic E-state index is 13.3. The minimum absolute atomic E-state index is 0.139. The Bertz CT molecular complexity index is 926. The first kappa shape index (κ1) is 18.6. The van der Waals surface area contributed by atoms with Crippen LogP contribution in [0.4, 0.5) is 5.13 Å². The van der Waals surface area contributed by atoms with E-state index in [1.165, 1.54) is 11.3 Å². The van der Waals surface area contributed by atoms with Crippen molar-refractivity contribution in [3.8, 4) is 5.75 Å². The Labute approximate surface area is 161 Å². The Balaban J connectivity index is 2.03. The zero-order valence-electron chi connectivity index (χ0n) is 14.9. The Morgan fingerprint density at radius 3 is 2.62 bits per heavy atom. The largest absolute Gasteiger partial charge is 0.496 e. The van der Waals surface area contributed by atoms with Crippen molar-refractivity contribution in [1.29, 1.82) is 0 Å². The predicted molar refractivity (Wildman–Crippen MR) is 108 cm³/mol. The number of para-hydroxylation sites is 2. The van der Waals surface area contributed by atoms with Gasteiger partial charge in [-0.15, -0.1) is 0 Å². The molecular formula is C19H20ClN3O2S. The lowest BCUT2D eigenvalue weighted by atomic mass is 10.1. The third-order valence-electron chi connectivity index (χ3n) is 3.94. The van der Waals surface area contributed by atoms with Crippen molar-refractivity contribution in [2.24, 2.45) is 0 Å². The number of amides is 1. The second kappa shape index (κ2) is 8.03. The van der Waals surface area contributed by atoms with Crippen molar-refractivity contribution >= 4 is 44.2 Å². The number of rotatable bonds is 6. The molecule has 0 bridgehead atoms. The first-order valence-corrected chi connectivity index (χ1v) is 9.35. The minimum atomic E-state index is -0.139. The molecule has 0 aliphatic carbocycles. The smallest absolute Gasteiger partial charge is 0.263 e. The highest BCUT2D eigenvalue weighted by atomic mass is 35.5. The lowest BCUT2D eigenvalue weighted by Crippen LogP contribution is -2.36. The molecule has 5 nitrogen and oxygen atoms in total. The molecule has 0 aliphatic rings. The van der Waals surface area contributed by atoms with E-state index in [2.05, 4.69) is 4.98 Å². The minimum Gasteiger partial charge on any atom is -0.496 e. The molecule has 0 fully saturated rings. The molecule has 0 saturated heterocycles. The van der Waals surface area contributed by atoms with Gasteiger partial charge in [-0.05, 0) is 38.4 Å². The summed E-state index contributed by atoms with van der Waals surface area (Å²) in [4.78, 5) is 21.6. The molecule has 26 heavy (non-hydrogen) atoms. The Hall–Kier alpha value is -2.15. The average molecular weight is 390 g/mol. The fraction of sp³-hybridized carbons (Fsp3) is 0.263. The number of anilines is 1. The van der Waals surface area contributed by atoms with Crippen molar-refractivity contribution in [2.45, 2.75) is 0 Å². The highest BCUT2D eigenvalue weighted by Gasteiger charge is 2.24. The van der Waals surface area contributed by atoms with Crippen LogP contribution in [0.5, 0.6) is 5.75 Å². The molecule has 0 unspecified atom stereocenters. The Morgan fingerprint density at radius 1 is 1.15 bits per heavy atom. The van der Waals surface area contributed by atoms with Gasteiger partial charge in [0.25, 0.3) is 5.91 Å². The van der Waals surface area contributed by atoms with Gasteiger partial charge in [0, 0.05) is 13.1 Å². The van der Waals surface area contributed by atoms with Crippen molar-refractivity contribution in [2.75, 3.05) is 39.2 Å². The summed E-state index contributed by atoms with van der Waals surface area (Å²) in [6.07, 6.45) is 0. The van der Waals surface area contributed by atoms with Gasteiger partial charge in [0.15, 0.2) is 5.13 Å². The summed E-state index contributed by atoms with van der Waals surface area (Å²) in [5.41, 5.74) is 1.23. The normalized spacial score (nSPS) is 11.1. The molecule has 136 valence electrons. The molecule has 0 atom stereocenters. The molecule has 0 aliphatic heterocycles. The number of carbonyl (C=O) groups is 1. The topological polar surface area (TPSA) is 45.7 Å². The zero-order valence-corrected chi connectivity index (χ0v) is 16.5. The van der Waals surface area contributed by atoms with Gasteiger partial charge in [-0.25, -0.2) is 4.98 Å². The molecule has 0 spiro atoms. The number of fused-ring (bicyclic) bond motifs is 1. The standard InChI is InChI=1S/C19H20ClN3O2S/c1-22(2)11-12-23(18(24)13-7-4-5-9-15(13)25-3)19-21-17-14(20)8-6-10-16(17)26-19/h4-10H,11-12H2,1-3H3. The second-order valence-corrected chi connectivity index (χ2v) is 7.46. The molecule has 3 rings (SSSR count). The molecule has 1 aromatic heterocycles. The number of methoxy groups -OCH3 is 1. The third-order valence-corrected chi connectivity index (χ3v) is 5.29. The number of hydrogen-bond donors (Lipinski definition) is 0. The van der Waals surface area contributed by atoms with E-state index in [4.69, 9.17) is 16.3 Å². The summed E-state index contributed by atoms with van der Waals surface area (Å²) in [6, 6.07) is 12.9. The van der Waals surface area contributed by atoms with Crippen LogP contribution in [0.2, 0.25) is 5.02 Å². The molecule has 0 radical (unpaired) electrons. The van der Waals surface area contributed by atoms with Crippen LogP contribution in [0.1, 0.15) is 10.4 Å². The highest BCUT2D eigenvalue weighted by Crippen LogP contribution is 2.34. The van der Waals surface area contributed by atoms with Crippen LogP contribution in [0.15, 0.2) is 42.5 Å². The SMILES string of the molecule is COc1ccccc1C(=O)N(CCN(C)C)c1nc2c(Cl)cccc2s1. The lowest BCUT2D eigenvalue weighted by Gasteiger charge is -2.22. The number of aromatic nitrogens is 1. The van der Waals surface area contributed by atoms with Gasteiger partial charge in [0.2, 0.25) is 0 Å². The van der Waals surface area contributed by atoms with Gasteiger partial charge in [0.05, 0.1) is 22.4 Å². The number of carbonyl (C=O) groups excluding carboxylic acids is 1. The van der Waals surface area contributed by atoms with Crippen LogP contribution in [0.25, 0.3) is 10.2 Å². The van der Waals surface area contributed by atoms with Gasteiger partial charge in [-0.1, -0.05) is 41.1 Å². The summed E-state index contributed by atoms with van der Waals surface area (Å²) >= 11 is 7.72. The fourth-order valence-electron chi connectivity index (χ4n) is 2.57.